The van der Waals surface area contributed by atoms with Crippen LogP contribution in [0.1, 0.15) is 36.9 Å². The largest absolute Gasteiger partial charge is 0.454 e. The molecule has 0 saturated carbocycles. The van der Waals surface area contributed by atoms with Gasteiger partial charge in [0.15, 0.2) is 11.9 Å². The summed E-state index contributed by atoms with van der Waals surface area (Å²) < 4.78 is 39.0. The van der Waals surface area contributed by atoms with Crippen LogP contribution in [0.2, 0.25) is 0 Å². The predicted molar refractivity (Wildman–Crippen MR) is 106 cm³/mol. The van der Waals surface area contributed by atoms with Crippen molar-refractivity contribution in [1.82, 2.24) is 14.5 Å². The van der Waals surface area contributed by atoms with Gasteiger partial charge in [-0.05, 0) is 38.1 Å². The summed E-state index contributed by atoms with van der Waals surface area (Å²) in [5, 5.41) is 0. The van der Waals surface area contributed by atoms with Gasteiger partial charge in [-0.1, -0.05) is 30.3 Å². The zero-order chi connectivity index (χ0) is 21.3. The van der Waals surface area contributed by atoms with E-state index < -0.39 is 18.6 Å². The summed E-state index contributed by atoms with van der Waals surface area (Å²) in [7, 11) is 0. The summed E-state index contributed by atoms with van der Waals surface area (Å²) in [5.41, 5.74) is 1.92. The number of rotatable bonds is 6. The van der Waals surface area contributed by atoms with Crippen molar-refractivity contribution in [1.29, 1.82) is 0 Å². The number of benzene rings is 2. The summed E-state index contributed by atoms with van der Waals surface area (Å²) in [6, 6.07) is 15.9. The van der Waals surface area contributed by atoms with Crippen molar-refractivity contribution < 1.29 is 22.7 Å². The maximum absolute atomic E-state index is 13.6. The molecule has 6 nitrogen and oxygen atoms in total. The Bertz CT molecular complexity index is 1190. The lowest BCUT2D eigenvalue weighted by Crippen LogP contribution is -2.16. The van der Waals surface area contributed by atoms with Gasteiger partial charge < -0.3 is 9.15 Å². The number of carbonyl (C=O) groups excluding carboxylic acids is 1. The Labute approximate surface area is 171 Å². The van der Waals surface area contributed by atoms with Gasteiger partial charge in [0, 0.05) is 5.56 Å². The fourth-order valence-corrected chi connectivity index (χ4v) is 3.28. The first-order valence-electron chi connectivity index (χ1n) is 9.40. The predicted octanol–water partition coefficient (Wildman–Crippen LogP) is 5.24. The molecule has 8 heteroatoms. The number of ether oxygens (including phenoxy) is 1. The Morgan fingerprint density at radius 2 is 1.80 bits per heavy atom. The Morgan fingerprint density at radius 3 is 2.53 bits per heavy atom. The van der Waals surface area contributed by atoms with Crippen LogP contribution in [-0.2, 0) is 16.0 Å². The highest BCUT2D eigenvalue weighted by Crippen LogP contribution is 2.28. The summed E-state index contributed by atoms with van der Waals surface area (Å²) in [5.74, 6) is 0.287. The lowest BCUT2D eigenvalue weighted by molar-refractivity contribution is -0.148. The first-order valence-corrected chi connectivity index (χ1v) is 9.40. The van der Waals surface area contributed by atoms with Crippen molar-refractivity contribution in [3.8, 4) is 11.5 Å². The third kappa shape index (κ3) is 3.80. The van der Waals surface area contributed by atoms with Crippen LogP contribution in [0.5, 0.6) is 0 Å². The van der Waals surface area contributed by atoms with Gasteiger partial charge >= 0.3 is 12.5 Å². The maximum Gasteiger partial charge on any atom is 0.320 e. The van der Waals surface area contributed by atoms with Gasteiger partial charge in [-0.25, -0.2) is 9.97 Å². The van der Waals surface area contributed by atoms with Crippen molar-refractivity contribution in [2.45, 2.75) is 32.9 Å². The normalized spacial score (nSPS) is 12.4. The molecule has 0 radical (unpaired) electrons. The van der Waals surface area contributed by atoms with Crippen molar-refractivity contribution >= 4 is 17.0 Å². The third-order valence-electron chi connectivity index (χ3n) is 4.72. The molecule has 0 aliphatic carbocycles. The third-order valence-corrected chi connectivity index (χ3v) is 4.72. The minimum Gasteiger partial charge on any atom is -0.454 e. The summed E-state index contributed by atoms with van der Waals surface area (Å²) in [6.45, 7) is 0.421. The standard InChI is InChI=1S/C22H19F2N3O3/c1-13-17(26-21(30-13)15-8-4-3-5-9-15)12-19(28)29-14(2)20-25-16-10-6-7-11-18(16)27(20)22(23)24/h3-11,14,22H,12H2,1-2H3. The first kappa shape index (κ1) is 19.8. The number of nitrogens with zero attached hydrogens (tertiary/aromatic N) is 3. The van der Waals surface area contributed by atoms with Gasteiger partial charge in [0.25, 0.3) is 0 Å². The fourth-order valence-electron chi connectivity index (χ4n) is 3.28. The van der Waals surface area contributed by atoms with E-state index >= 15 is 0 Å². The number of fused-ring (bicyclic) bond motifs is 1. The summed E-state index contributed by atoms with van der Waals surface area (Å²) in [4.78, 5) is 21.1. The SMILES string of the molecule is Cc1oc(-c2ccccc2)nc1CC(=O)OC(C)c1nc2ccccc2n1C(F)F. The number of hydrogen-bond donors (Lipinski definition) is 0. The van der Waals surface area contributed by atoms with Gasteiger partial charge in [-0.2, -0.15) is 8.78 Å². The van der Waals surface area contributed by atoms with Gasteiger partial charge in [0.05, 0.1) is 23.1 Å². The number of esters is 1. The molecule has 0 spiro atoms. The molecular formula is C22H19F2N3O3. The highest BCUT2D eigenvalue weighted by molar-refractivity contribution is 5.76. The van der Waals surface area contributed by atoms with Crippen LogP contribution in [0.15, 0.2) is 59.0 Å². The van der Waals surface area contributed by atoms with E-state index in [-0.39, 0.29) is 17.8 Å². The van der Waals surface area contributed by atoms with E-state index in [1.807, 2.05) is 30.3 Å². The van der Waals surface area contributed by atoms with E-state index in [1.54, 1.807) is 31.2 Å². The smallest absolute Gasteiger partial charge is 0.320 e. The molecule has 0 fully saturated rings. The lowest BCUT2D eigenvalue weighted by atomic mass is 10.2. The van der Waals surface area contributed by atoms with Gasteiger partial charge in [0.1, 0.15) is 5.76 Å². The first-order chi connectivity index (χ1) is 14.4. The van der Waals surface area contributed by atoms with Crippen molar-refractivity contribution in [2.24, 2.45) is 0 Å². The van der Waals surface area contributed by atoms with Crippen LogP contribution in [0.3, 0.4) is 0 Å². The zero-order valence-corrected chi connectivity index (χ0v) is 16.4. The van der Waals surface area contributed by atoms with E-state index in [0.29, 0.717) is 22.9 Å². The van der Waals surface area contributed by atoms with Crippen molar-refractivity contribution in [3.63, 3.8) is 0 Å². The van der Waals surface area contributed by atoms with E-state index in [1.165, 1.54) is 6.92 Å². The molecule has 4 rings (SSSR count). The molecule has 2 aromatic heterocycles. The molecule has 154 valence electrons. The van der Waals surface area contributed by atoms with Crippen LogP contribution in [0, 0.1) is 6.92 Å². The Kier molecular flexibility index (Phi) is 5.31. The summed E-state index contributed by atoms with van der Waals surface area (Å²) >= 11 is 0. The monoisotopic (exact) mass is 411 g/mol. The van der Waals surface area contributed by atoms with Gasteiger partial charge in [-0.3, -0.25) is 9.36 Å². The molecule has 0 bridgehead atoms. The number of hydrogen-bond acceptors (Lipinski definition) is 5. The molecule has 0 amide bonds. The van der Waals surface area contributed by atoms with E-state index in [0.717, 1.165) is 10.1 Å². The van der Waals surface area contributed by atoms with Crippen LogP contribution >= 0.6 is 0 Å². The molecule has 1 atom stereocenters. The second-order valence-corrected chi connectivity index (χ2v) is 6.80. The molecule has 0 aliphatic rings. The highest BCUT2D eigenvalue weighted by Gasteiger charge is 2.25. The van der Waals surface area contributed by atoms with E-state index in [2.05, 4.69) is 9.97 Å². The number of oxazole rings is 1. The topological polar surface area (TPSA) is 70.2 Å². The number of alkyl halides is 2. The number of para-hydroxylation sites is 2. The maximum atomic E-state index is 13.6. The van der Waals surface area contributed by atoms with Crippen LogP contribution in [0.25, 0.3) is 22.5 Å². The quantitative estimate of drug-likeness (QED) is 0.406. The second-order valence-electron chi connectivity index (χ2n) is 6.80. The second kappa shape index (κ2) is 8.06. The summed E-state index contributed by atoms with van der Waals surface area (Å²) in [6.07, 6.45) is -1.10. The molecule has 0 N–H and O–H groups in total. The molecule has 4 aromatic rings. The van der Waals surface area contributed by atoms with Crippen LogP contribution in [-0.4, -0.2) is 20.5 Å². The van der Waals surface area contributed by atoms with Crippen LogP contribution in [0.4, 0.5) is 8.78 Å². The molecule has 1 unspecified atom stereocenters. The number of carbonyl (C=O) groups is 1. The minimum absolute atomic E-state index is 0.0126. The average molecular weight is 411 g/mol. The number of aryl methyl sites for hydroxylation is 1. The molecule has 0 aliphatic heterocycles. The number of aromatic nitrogens is 3. The van der Waals surface area contributed by atoms with Gasteiger partial charge in [0.2, 0.25) is 5.89 Å². The Hall–Kier alpha value is -3.55. The lowest BCUT2D eigenvalue weighted by Gasteiger charge is -2.15. The average Bonchev–Trinajstić information content (AvgIpc) is 3.29. The number of imidazole rings is 1. The fraction of sp³-hybridized carbons (Fsp3) is 0.227. The van der Waals surface area contributed by atoms with Crippen molar-refractivity contribution in [2.75, 3.05) is 0 Å². The van der Waals surface area contributed by atoms with Crippen LogP contribution < -0.4 is 0 Å². The molecule has 0 saturated heterocycles. The van der Waals surface area contributed by atoms with E-state index in [9.17, 15) is 13.6 Å². The Morgan fingerprint density at radius 1 is 1.10 bits per heavy atom. The zero-order valence-electron chi connectivity index (χ0n) is 16.4. The molecule has 30 heavy (non-hydrogen) atoms. The van der Waals surface area contributed by atoms with E-state index in [4.69, 9.17) is 9.15 Å². The molecular weight excluding hydrogens is 392 g/mol. The number of halogens is 2. The molecule has 2 aromatic carbocycles. The minimum atomic E-state index is -2.81. The Balaban J connectivity index is 1.52. The highest BCUT2D eigenvalue weighted by atomic mass is 19.3. The molecule has 2 heterocycles. The van der Waals surface area contributed by atoms with Crippen molar-refractivity contribution in [3.05, 3.63) is 71.9 Å². The van der Waals surface area contributed by atoms with Gasteiger partial charge in [-0.15, -0.1) is 0 Å².